The van der Waals surface area contributed by atoms with Crippen molar-refractivity contribution in [3.8, 4) is 0 Å². The second-order valence-electron chi connectivity index (χ2n) is 5.58. The summed E-state index contributed by atoms with van der Waals surface area (Å²) in [5, 5.41) is 8.39. The van der Waals surface area contributed by atoms with Crippen molar-refractivity contribution < 1.29 is 9.90 Å². The average Bonchev–Trinajstić information content (AvgIpc) is 2.56. The van der Waals surface area contributed by atoms with Gasteiger partial charge in [0.2, 0.25) is 0 Å². The molecule has 2 nitrogen and oxygen atoms in total. The highest BCUT2D eigenvalue weighted by molar-refractivity contribution is 5.80. The van der Waals surface area contributed by atoms with Crippen molar-refractivity contribution in [1.29, 1.82) is 0 Å². The first-order chi connectivity index (χ1) is 11.8. The van der Waals surface area contributed by atoms with Crippen LogP contribution in [0.4, 0.5) is 0 Å². The summed E-state index contributed by atoms with van der Waals surface area (Å²) in [5.41, 5.74) is 0. The van der Waals surface area contributed by atoms with Crippen LogP contribution in [0.2, 0.25) is 0 Å². The molecule has 0 aromatic rings. The minimum atomic E-state index is -0.936. The maximum Gasteiger partial charge on any atom is 0.328 e. The molecule has 0 saturated heterocycles. The zero-order chi connectivity index (χ0) is 17.7. The van der Waals surface area contributed by atoms with Gasteiger partial charge in [0, 0.05) is 6.08 Å². The standard InChI is InChI=1S/C22H32O2/c1-2-3-4-5-6-7-8-9-10-11-12-13-14-15-16-17-18-19-20-21-22(23)24/h10-21H,2-9H2,1H3,(H,23,24)/b11-10-,13-12+,15-14+,17-16-,19-18+,21-20+. The zero-order valence-corrected chi connectivity index (χ0v) is 14.9. The average molecular weight is 328 g/mol. The van der Waals surface area contributed by atoms with Crippen molar-refractivity contribution in [2.45, 2.75) is 58.3 Å². The van der Waals surface area contributed by atoms with Gasteiger partial charge in [-0.05, 0) is 12.8 Å². The molecule has 0 radical (unpaired) electrons. The third-order valence-electron chi connectivity index (χ3n) is 3.35. The predicted octanol–water partition coefficient (Wildman–Crippen LogP) is 6.55. The van der Waals surface area contributed by atoms with Gasteiger partial charge in [0.1, 0.15) is 0 Å². The minimum absolute atomic E-state index is 0.936. The van der Waals surface area contributed by atoms with Crippen LogP contribution in [0.15, 0.2) is 72.9 Å². The Labute approximate surface area is 147 Å². The molecular formula is C22H32O2. The highest BCUT2D eigenvalue weighted by Crippen LogP contribution is 2.08. The Morgan fingerprint density at radius 1 is 0.667 bits per heavy atom. The maximum absolute atomic E-state index is 10.2. The van der Waals surface area contributed by atoms with E-state index in [1.54, 1.807) is 12.2 Å². The third kappa shape index (κ3) is 19.9. The normalized spacial score (nSPS) is 13.0. The van der Waals surface area contributed by atoms with Gasteiger partial charge >= 0.3 is 5.97 Å². The van der Waals surface area contributed by atoms with Gasteiger partial charge in [-0.3, -0.25) is 0 Å². The molecule has 0 heterocycles. The number of rotatable bonds is 14. The van der Waals surface area contributed by atoms with Gasteiger partial charge < -0.3 is 5.11 Å². The van der Waals surface area contributed by atoms with Crippen molar-refractivity contribution in [2.75, 3.05) is 0 Å². The molecule has 2 heteroatoms. The van der Waals surface area contributed by atoms with Gasteiger partial charge in [-0.1, -0.05) is 112 Å². The molecule has 0 amide bonds. The number of hydrogen-bond acceptors (Lipinski definition) is 1. The Morgan fingerprint density at radius 3 is 1.67 bits per heavy atom. The van der Waals surface area contributed by atoms with Crippen LogP contribution in [0.3, 0.4) is 0 Å². The summed E-state index contributed by atoms with van der Waals surface area (Å²) in [6.45, 7) is 2.25. The minimum Gasteiger partial charge on any atom is -0.478 e. The summed E-state index contributed by atoms with van der Waals surface area (Å²) in [7, 11) is 0. The summed E-state index contributed by atoms with van der Waals surface area (Å²) < 4.78 is 0. The molecule has 0 saturated carbocycles. The van der Waals surface area contributed by atoms with E-state index in [4.69, 9.17) is 5.11 Å². The Balaban J connectivity index is 3.57. The van der Waals surface area contributed by atoms with Crippen molar-refractivity contribution >= 4 is 5.97 Å². The van der Waals surface area contributed by atoms with E-state index in [9.17, 15) is 4.79 Å². The summed E-state index contributed by atoms with van der Waals surface area (Å²) in [5.74, 6) is -0.936. The number of aliphatic carboxylic acids is 1. The first-order valence-electron chi connectivity index (χ1n) is 9.00. The SMILES string of the molecule is CCCCCCCCC\C=C/C=C/C=C/C=C\C=C\C=C\C(=O)O. The largest absolute Gasteiger partial charge is 0.478 e. The molecule has 24 heavy (non-hydrogen) atoms. The molecule has 0 aliphatic carbocycles. The Bertz CT molecular complexity index is 462. The van der Waals surface area contributed by atoms with Crippen LogP contribution in [-0.4, -0.2) is 11.1 Å². The van der Waals surface area contributed by atoms with Crippen molar-refractivity contribution in [1.82, 2.24) is 0 Å². The zero-order valence-electron chi connectivity index (χ0n) is 14.9. The van der Waals surface area contributed by atoms with Crippen LogP contribution in [-0.2, 0) is 4.79 Å². The first kappa shape index (κ1) is 21.9. The number of carbonyl (C=O) groups is 1. The third-order valence-corrected chi connectivity index (χ3v) is 3.35. The molecule has 0 atom stereocenters. The molecule has 0 aromatic carbocycles. The first-order valence-corrected chi connectivity index (χ1v) is 9.00. The van der Waals surface area contributed by atoms with Gasteiger partial charge in [0.15, 0.2) is 0 Å². The second-order valence-corrected chi connectivity index (χ2v) is 5.58. The second kappa shape index (κ2) is 19.0. The van der Waals surface area contributed by atoms with Crippen LogP contribution in [0, 0.1) is 0 Å². The van der Waals surface area contributed by atoms with Crippen molar-refractivity contribution in [3.05, 3.63) is 72.9 Å². The van der Waals surface area contributed by atoms with Gasteiger partial charge in [0.05, 0.1) is 0 Å². The monoisotopic (exact) mass is 328 g/mol. The molecule has 0 spiro atoms. The summed E-state index contributed by atoms with van der Waals surface area (Å²) in [6, 6.07) is 0. The molecule has 1 N–H and O–H groups in total. The van der Waals surface area contributed by atoms with Gasteiger partial charge in [0.25, 0.3) is 0 Å². The number of carboxylic acid groups (broad SMARTS) is 1. The van der Waals surface area contributed by atoms with E-state index in [2.05, 4.69) is 19.1 Å². The lowest BCUT2D eigenvalue weighted by Crippen LogP contribution is -1.84. The Kier molecular flexibility index (Phi) is 17.3. The summed E-state index contributed by atoms with van der Waals surface area (Å²) in [4.78, 5) is 10.2. The maximum atomic E-state index is 10.2. The van der Waals surface area contributed by atoms with E-state index in [1.807, 2.05) is 36.5 Å². The van der Waals surface area contributed by atoms with Gasteiger partial charge in [-0.2, -0.15) is 0 Å². The molecule has 0 fully saturated rings. The lowest BCUT2D eigenvalue weighted by atomic mass is 10.1. The van der Waals surface area contributed by atoms with E-state index in [0.717, 1.165) is 12.5 Å². The van der Waals surface area contributed by atoms with Crippen molar-refractivity contribution in [2.24, 2.45) is 0 Å². The number of unbranched alkanes of at least 4 members (excludes halogenated alkanes) is 7. The highest BCUT2D eigenvalue weighted by Gasteiger charge is 1.88. The molecule has 132 valence electrons. The Morgan fingerprint density at radius 2 is 1.12 bits per heavy atom. The number of allylic oxidation sites excluding steroid dienone is 11. The molecular weight excluding hydrogens is 296 g/mol. The fraction of sp³-hybridized carbons (Fsp3) is 0.409. The van der Waals surface area contributed by atoms with Gasteiger partial charge in [-0.15, -0.1) is 0 Å². The fourth-order valence-corrected chi connectivity index (χ4v) is 2.05. The van der Waals surface area contributed by atoms with Gasteiger partial charge in [-0.25, -0.2) is 4.79 Å². The predicted molar refractivity (Wildman–Crippen MR) is 105 cm³/mol. The molecule has 0 aromatic heterocycles. The van der Waals surface area contributed by atoms with E-state index in [1.165, 1.54) is 51.0 Å². The molecule has 0 bridgehead atoms. The molecule has 0 rings (SSSR count). The Hall–Kier alpha value is -2.09. The van der Waals surface area contributed by atoms with E-state index in [0.29, 0.717) is 0 Å². The molecule has 0 aliphatic heterocycles. The number of hydrogen-bond donors (Lipinski definition) is 1. The van der Waals surface area contributed by atoms with Crippen LogP contribution < -0.4 is 0 Å². The van der Waals surface area contributed by atoms with Crippen molar-refractivity contribution in [3.63, 3.8) is 0 Å². The smallest absolute Gasteiger partial charge is 0.328 e. The van der Waals surface area contributed by atoms with E-state index >= 15 is 0 Å². The topological polar surface area (TPSA) is 37.3 Å². The quantitative estimate of drug-likeness (QED) is 0.223. The van der Waals surface area contributed by atoms with Crippen LogP contribution in [0.1, 0.15) is 58.3 Å². The molecule has 0 unspecified atom stereocenters. The van der Waals surface area contributed by atoms with Crippen LogP contribution in [0.25, 0.3) is 0 Å². The van der Waals surface area contributed by atoms with E-state index in [-0.39, 0.29) is 0 Å². The summed E-state index contributed by atoms with van der Waals surface area (Å²) in [6.07, 6.45) is 32.7. The highest BCUT2D eigenvalue weighted by atomic mass is 16.4. The fourth-order valence-electron chi connectivity index (χ4n) is 2.05. The van der Waals surface area contributed by atoms with Crippen LogP contribution >= 0.6 is 0 Å². The van der Waals surface area contributed by atoms with Crippen LogP contribution in [0.5, 0.6) is 0 Å². The lowest BCUT2D eigenvalue weighted by Gasteiger charge is -1.98. The molecule has 0 aliphatic rings. The summed E-state index contributed by atoms with van der Waals surface area (Å²) >= 11 is 0. The van der Waals surface area contributed by atoms with E-state index < -0.39 is 5.97 Å². The number of carboxylic acids is 1. The lowest BCUT2D eigenvalue weighted by molar-refractivity contribution is -0.131.